The van der Waals surface area contributed by atoms with Crippen LogP contribution in [0.5, 0.6) is 0 Å². The van der Waals surface area contributed by atoms with Crippen LogP contribution in [-0.4, -0.2) is 50.6 Å². The van der Waals surface area contributed by atoms with E-state index < -0.39 is 34.4 Å². The number of nitrogens with zero attached hydrogens (tertiary/aromatic N) is 1. The molecule has 2 rings (SSSR count). The van der Waals surface area contributed by atoms with Gasteiger partial charge in [-0.25, -0.2) is 12.7 Å². The third-order valence-corrected chi connectivity index (χ3v) is 5.99. The maximum Gasteiger partial charge on any atom is 0.309 e. The zero-order valence-corrected chi connectivity index (χ0v) is 16.9. The van der Waals surface area contributed by atoms with Crippen molar-refractivity contribution in [3.05, 3.63) is 27.2 Å². The highest BCUT2D eigenvalue weighted by Crippen LogP contribution is 2.33. The van der Waals surface area contributed by atoms with E-state index in [0.29, 0.717) is 17.9 Å². The highest BCUT2D eigenvalue weighted by atomic mass is 35.5. The van der Waals surface area contributed by atoms with Crippen molar-refractivity contribution in [2.45, 2.75) is 12.8 Å². The van der Waals surface area contributed by atoms with Gasteiger partial charge in [-0.05, 0) is 25.0 Å². The van der Waals surface area contributed by atoms with Gasteiger partial charge in [0, 0.05) is 18.1 Å². The molecule has 0 atom stereocenters. The molecule has 0 spiro atoms. The van der Waals surface area contributed by atoms with Crippen molar-refractivity contribution in [1.82, 2.24) is 4.31 Å². The largest absolute Gasteiger partial charge is 0.455 e. The minimum atomic E-state index is -3.26. The zero-order valence-electron chi connectivity index (χ0n) is 13.8. The maximum atomic E-state index is 12.1. The Morgan fingerprint density at radius 1 is 1.19 bits per heavy atom. The van der Waals surface area contributed by atoms with Crippen LogP contribution in [0.4, 0.5) is 5.69 Å². The van der Waals surface area contributed by atoms with E-state index in [1.54, 1.807) is 0 Å². The Kier molecular flexibility index (Phi) is 7.15. The summed E-state index contributed by atoms with van der Waals surface area (Å²) in [4.78, 5) is 24.0. The van der Waals surface area contributed by atoms with Crippen LogP contribution in [0.1, 0.15) is 12.8 Å². The molecule has 1 amide bonds. The number of esters is 1. The Bertz CT molecular complexity index is 784. The molecule has 0 bridgehead atoms. The number of halogens is 3. The Labute approximate surface area is 166 Å². The zero-order chi connectivity index (χ0) is 19.5. The van der Waals surface area contributed by atoms with Gasteiger partial charge in [0.2, 0.25) is 10.0 Å². The summed E-state index contributed by atoms with van der Waals surface area (Å²) in [6, 6.07) is 2.85. The molecule has 1 aliphatic rings. The van der Waals surface area contributed by atoms with Gasteiger partial charge in [-0.3, -0.25) is 9.59 Å². The highest BCUT2D eigenvalue weighted by molar-refractivity contribution is 7.88. The molecule has 7 nitrogen and oxygen atoms in total. The first-order valence-corrected chi connectivity index (χ1v) is 10.6. The fourth-order valence-corrected chi connectivity index (χ4v) is 4.30. The molecule has 26 heavy (non-hydrogen) atoms. The molecule has 1 N–H and O–H groups in total. The topological polar surface area (TPSA) is 92.8 Å². The number of rotatable bonds is 5. The van der Waals surface area contributed by atoms with E-state index in [1.165, 1.54) is 16.4 Å². The number of piperidine rings is 1. The van der Waals surface area contributed by atoms with E-state index >= 15 is 0 Å². The summed E-state index contributed by atoms with van der Waals surface area (Å²) in [6.07, 6.45) is 1.83. The van der Waals surface area contributed by atoms with Gasteiger partial charge in [0.25, 0.3) is 5.91 Å². The molecule has 11 heteroatoms. The number of hydrogen-bond donors (Lipinski definition) is 1. The van der Waals surface area contributed by atoms with Crippen molar-refractivity contribution < 1.29 is 22.7 Å². The van der Waals surface area contributed by atoms with Crippen LogP contribution in [-0.2, 0) is 24.3 Å². The molecule has 1 aromatic carbocycles. The Balaban J connectivity index is 1.84. The molecule has 1 heterocycles. The van der Waals surface area contributed by atoms with Crippen LogP contribution in [0, 0.1) is 5.92 Å². The first-order chi connectivity index (χ1) is 12.1. The lowest BCUT2D eigenvalue weighted by Crippen LogP contribution is -2.40. The molecule has 0 aromatic heterocycles. The molecular formula is C15H17Cl3N2O5S. The second kappa shape index (κ2) is 8.75. The molecular weight excluding hydrogens is 427 g/mol. The van der Waals surface area contributed by atoms with Crippen molar-refractivity contribution in [2.24, 2.45) is 5.92 Å². The van der Waals surface area contributed by atoms with Gasteiger partial charge >= 0.3 is 5.97 Å². The summed E-state index contributed by atoms with van der Waals surface area (Å²) >= 11 is 17.7. The SMILES string of the molecule is CS(=O)(=O)N1CCC(C(=O)OCC(=O)Nc2c(Cl)cc(Cl)cc2Cl)CC1. The summed E-state index contributed by atoms with van der Waals surface area (Å²) in [5.41, 5.74) is 0.181. The molecule has 0 radical (unpaired) electrons. The van der Waals surface area contributed by atoms with E-state index in [1.807, 2.05) is 0 Å². The second-order valence-electron chi connectivity index (χ2n) is 5.84. The highest BCUT2D eigenvalue weighted by Gasteiger charge is 2.30. The van der Waals surface area contributed by atoms with E-state index in [0.717, 1.165) is 6.26 Å². The van der Waals surface area contributed by atoms with Crippen LogP contribution in [0.15, 0.2) is 12.1 Å². The average molecular weight is 444 g/mol. The number of benzene rings is 1. The van der Waals surface area contributed by atoms with Crippen LogP contribution in [0.3, 0.4) is 0 Å². The van der Waals surface area contributed by atoms with E-state index in [4.69, 9.17) is 39.5 Å². The number of anilines is 1. The van der Waals surface area contributed by atoms with Gasteiger partial charge in [-0.15, -0.1) is 0 Å². The number of nitrogens with one attached hydrogen (secondary N) is 1. The number of ether oxygens (including phenoxy) is 1. The van der Waals surface area contributed by atoms with E-state index in [9.17, 15) is 18.0 Å². The average Bonchev–Trinajstić information content (AvgIpc) is 2.55. The maximum absolute atomic E-state index is 12.1. The minimum Gasteiger partial charge on any atom is -0.455 e. The van der Waals surface area contributed by atoms with Gasteiger partial charge < -0.3 is 10.1 Å². The van der Waals surface area contributed by atoms with Crippen molar-refractivity contribution in [3.63, 3.8) is 0 Å². The van der Waals surface area contributed by atoms with Crippen LogP contribution >= 0.6 is 34.8 Å². The second-order valence-corrected chi connectivity index (χ2v) is 9.07. The lowest BCUT2D eigenvalue weighted by atomic mass is 9.98. The first kappa shape index (κ1) is 21.2. The predicted molar refractivity (Wildman–Crippen MR) is 100 cm³/mol. The monoisotopic (exact) mass is 442 g/mol. The number of carbonyl (C=O) groups excluding carboxylic acids is 2. The van der Waals surface area contributed by atoms with Gasteiger partial charge in [0.05, 0.1) is 27.9 Å². The molecule has 1 aromatic rings. The number of sulfonamides is 1. The summed E-state index contributed by atoms with van der Waals surface area (Å²) in [7, 11) is -3.26. The van der Waals surface area contributed by atoms with Gasteiger partial charge in [-0.2, -0.15) is 0 Å². The number of hydrogen-bond acceptors (Lipinski definition) is 5. The van der Waals surface area contributed by atoms with Crippen LogP contribution in [0.25, 0.3) is 0 Å². The lowest BCUT2D eigenvalue weighted by molar-refractivity contribution is -0.152. The van der Waals surface area contributed by atoms with Crippen molar-refractivity contribution in [3.8, 4) is 0 Å². The summed E-state index contributed by atoms with van der Waals surface area (Å²) in [5.74, 6) is -1.58. The van der Waals surface area contributed by atoms with Crippen molar-refractivity contribution >= 4 is 62.4 Å². The van der Waals surface area contributed by atoms with Gasteiger partial charge in [-0.1, -0.05) is 34.8 Å². The number of carbonyl (C=O) groups is 2. The van der Waals surface area contributed by atoms with Crippen molar-refractivity contribution in [1.29, 1.82) is 0 Å². The fourth-order valence-electron chi connectivity index (χ4n) is 2.51. The van der Waals surface area contributed by atoms with Crippen molar-refractivity contribution in [2.75, 3.05) is 31.3 Å². The van der Waals surface area contributed by atoms with Crippen LogP contribution in [0.2, 0.25) is 15.1 Å². The fraction of sp³-hybridized carbons (Fsp3) is 0.467. The lowest BCUT2D eigenvalue weighted by Gasteiger charge is -2.28. The molecule has 1 fully saturated rings. The van der Waals surface area contributed by atoms with Crippen LogP contribution < -0.4 is 5.32 Å². The molecule has 1 aliphatic heterocycles. The molecule has 1 saturated heterocycles. The molecule has 0 unspecified atom stereocenters. The Morgan fingerprint density at radius 3 is 2.23 bits per heavy atom. The Morgan fingerprint density at radius 2 is 1.73 bits per heavy atom. The summed E-state index contributed by atoms with van der Waals surface area (Å²) in [5, 5.41) is 3.11. The normalized spacial score (nSPS) is 16.3. The molecule has 144 valence electrons. The smallest absolute Gasteiger partial charge is 0.309 e. The number of amides is 1. The third-order valence-electron chi connectivity index (χ3n) is 3.87. The van der Waals surface area contributed by atoms with Gasteiger partial charge in [0.15, 0.2) is 6.61 Å². The quantitative estimate of drug-likeness (QED) is 0.706. The van der Waals surface area contributed by atoms with E-state index in [-0.39, 0.29) is 28.8 Å². The molecule has 0 saturated carbocycles. The van der Waals surface area contributed by atoms with Gasteiger partial charge in [0.1, 0.15) is 0 Å². The third kappa shape index (κ3) is 5.72. The summed E-state index contributed by atoms with van der Waals surface area (Å²) in [6.45, 7) is 0.00197. The Hall–Kier alpha value is -1.06. The molecule has 0 aliphatic carbocycles. The predicted octanol–water partition coefficient (Wildman–Crippen LogP) is 2.80. The minimum absolute atomic E-state index is 0.162. The van der Waals surface area contributed by atoms with E-state index in [2.05, 4.69) is 5.32 Å². The first-order valence-electron chi connectivity index (χ1n) is 7.64. The standard InChI is InChI=1S/C15H17Cl3N2O5S/c1-26(23,24)20-4-2-9(3-5-20)15(22)25-8-13(21)19-14-11(17)6-10(16)7-12(14)18/h6-7,9H,2-5,8H2,1H3,(H,19,21). The summed E-state index contributed by atoms with van der Waals surface area (Å²) < 4.78 is 29.2.